The Labute approximate surface area is 204 Å². The van der Waals surface area contributed by atoms with E-state index < -0.39 is 43.3 Å². The molecular formula is C26H21F2N5O3. The van der Waals surface area contributed by atoms with Gasteiger partial charge in [0.2, 0.25) is 11.8 Å². The molecule has 36 heavy (non-hydrogen) atoms. The van der Waals surface area contributed by atoms with Crippen molar-refractivity contribution in [3.05, 3.63) is 59.8 Å². The zero-order chi connectivity index (χ0) is 25.4. The fourth-order valence-electron chi connectivity index (χ4n) is 4.75. The molecular weight excluding hydrogens is 468 g/mol. The summed E-state index contributed by atoms with van der Waals surface area (Å²) in [6, 6.07) is 13.2. The predicted octanol–water partition coefficient (Wildman–Crippen LogP) is 3.28. The first-order chi connectivity index (χ1) is 17.3. The number of carbonyl (C=O) groups is 3. The van der Waals surface area contributed by atoms with Crippen molar-refractivity contribution >= 4 is 34.3 Å². The zero-order valence-electron chi connectivity index (χ0n) is 19.1. The van der Waals surface area contributed by atoms with Crippen LogP contribution in [0.25, 0.3) is 22.0 Å². The van der Waals surface area contributed by atoms with Gasteiger partial charge in [0.1, 0.15) is 6.04 Å². The number of fused-ring (bicyclic) bond motifs is 2. The number of benzene rings is 2. The third kappa shape index (κ3) is 4.35. The molecule has 0 bridgehead atoms. The molecule has 1 aromatic heterocycles. The molecule has 10 heteroatoms. The average molecular weight is 489 g/mol. The highest BCUT2D eigenvalue weighted by Crippen LogP contribution is 2.35. The van der Waals surface area contributed by atoms with Crippen LogP contribution in [0.2, 0.25) is 0 Å². The van der Waals surface area contributed by atoms with Gasteiger partial charge in [0.15, 0.2) is 0 Å². The van der Waals surface area contributed by atoms with Crippen LogP contribution in [0.1, 0.15) is 28.8 Å². The molecule has 2 aliphatic heterocycles. The van der Waals surface area contributed by atoms with E-state index in [1.54, 1.807) is 12.1 Å². The Balaban J connectivity index is 1.40. The number of carbonyl (C=O) groups excluding carboxylic acids is 3. The maximum Gasteiger partial charge on any atom is 0.268 e. The molecule has 2 aromatic carbocycles. The summed E-state index contributed by atoms with van der Waals surface area (Å²) in [6.07, 6.45) is 1.74. The molecule has 0 radical (unpaired) electrons. The van der Waals surface area contributed by atoms with Gasteiger partial charge in [0.25, 0.3) is 11.8 Å². The molecule has 1 fully saturated rings. The third-order valence-corrected chi connectivity index (χ3v) is 6.49. The number of aromatic nitrogens is 1. The monoisotopic (exact) mass is 489 g/mol. The first kappa shape index (κ1) is 23.4. The standard InChI is InChI=1S/C26H21F2N5O3/c27-26(28)11-16(12-29)33(14-26)24(35)13-31-25(36)19-8-9-30-21-6-4-15(10-20(19)21)17-2-1-3-22-18(17)5-7-23(34)32-22/h1-4,6,8-10,16H,5,7,11,13-14H2,(H,31,36)(H,32,34)/t16-/m0/s1. The fourth-order valence-corrected chi connectivity index (χ4v) is 4.75. The summed E-state index contributed by atoms with van der Waals surface area (Å²) in [5, 5.41) is 15.0. The van der Waals surface area contributed by atoms with Gasteiger partial charge in [-0.15, -0.1) is 0 Å². The van der Waals surface area contributed by atoms with Crippen LogP contribution in [-0.2, 0) is 16.0 Å². The third-order valence-electron chi connectivity index (χ3n) is 6.49. The normalized spacial score (nSPS) is 18.3. The molecule has 1 saturated heterocycles. The van der Waals surface area contributed by atoms with Crippen LogP contribution in [0.3, 0.4) is 0 Å². The Morgan fingerprint density at radius 3 is 2.86 bits per heavy atom. The van der Waals surface area contributed by atoms with Gasteiger partial charge in [-0.3, -0.25) is 19.4 Å². The SMILES string of the molecule is N#C[C@@H]1CC(F)(F)CN1C(=O)CNC(=O)c1ccnc2ccc(-c3cccc4c3CCC(=O)N4)cc12. The molecule has 182 valence electrons. The second-order valence-electron chi connectivity index (χ2n) is 8.88. The fraction of sp³-hybridized carbons (Fsp3) is 0.269. The van der Waals surface area contributed by atoms with E-state index in [0.717, 1.165) is 27.3 Å². The summed E-state index contributed by atoms with van der Waals surface area (Å²) in [4.78, 5) is 42.4. The minimum absolute atomic E-state index is 0.0328. The Morgan fingerprint density at radius 1 is 1.22 bits per heavy atom. The summed E-state index contributed by atoms with van der Waals surface area (Å²) in [5.74, 6) is -4.47. The Kier molecular flexibility index (Phi) is 5.84. The van der Waals surface area contributed by atoms with E-state index in [1.165, 1.54) is 12.3 Å². The first-order valence-corrected chi connectivity index (χ1v) is 11.4. The lowest BCUT2D eigenvalue weighted by Crippen LogP contribution is -2.43. The largest absolute Gasteiger partial charge is 0.343 e. The number of nitrogens with one attached hydrogen (secondary N) is 2. The predicted molar refractivity (Wildman–Crippen MR) is 127 cm³/mol. The minimum Gasteiger partial charge on any atom is -0.343 e. The molecule has 0 saturated carbocycles. The number of alkyl halides is 2. The van der Waals surface area contributed by atoms with Crippen LogP contribution in [0.15, 0.2) is 48.7 Å². The molecule has 3 heterocycles. The van der Waals surface area contributed by atoms with E-state index in [2.05, 4.69) is 15.6 Å². The van der Waals surface area contributed by atoms with Crippen molar-refractivity contribution < 1.29 is 23.2 Å². The summed E-state index contributed by atoms with van der Waals surface area (Å²) < 4.78 is 27.3. The highest BCUT2D eigenvalue weighted by Gasteiger charge is 2.47. The number of anilines is 1. The van der Waals surface area contributed by atoms with Crippen molar-refractivity contribution in [1.29, 1.82) is 5.26 Å². The lowest BCUT2D eigenvalue weighted by Gasteiger charge is -2.20. The van der Waals surface area contributed by atoms with Crippen LogP contribution >= 0.6 is 0 Å². The van der Waals surface area contributed by atoms with Crippen molar-refractivity contribution in [2.75, 3.05) is 18.4 Å². The highest BCUT2D eigenvalue weighted by atomic mass is 19.3. The van der Waals surface area contributed by atoms with Crippen LogP contribution in [0.4, 0.5) is 14.5 Å². The molecule has 8 nitrogen and oxygen atoms in total. The van der Waals surface area contributed by atoms with Gasteiger partial charge < -0.3 is 15.5 Å². The average Bonchev–Trinajstić information content (AvgIpc) is 3.20. The van der Waals surface area contributed by atoms with Gasteiger partial charge in [0, 0.05) is 30.1 Å². The summed E-state index contributed by atoms with van der Waals surface area (Å²) in [7, 11) is 0. The Morgan fingerprint density at radius 2 is 2.06 bits per heavy atom. The van der Waals surface area contributed by atoms with Crippen molar-refractivity contribution in [2.24, 2.45) is 0 Å². The maximum absolute atomic E-state index is 13.7. The molecule has 0 spiro atoms. The van der Waals surface area contributed by atoms with E-state index >= 15 is 0 Å². The number of rotatable bonds is 4. The van der Waals surface area contributed by atoms with Gasteiger partial charge in [-0.25, -0.2) is 8.78 Å². The van der Waals surface area contributed by atoms with Gasteiger partial charge in [-0.2, -0.15) is 5.26 Å². The molecule has 0 unspecified atom stereocenters. The topological polar surface area (TPSA) is 115 Å². The van der Waals surface area contributed by atoms with Gasteiger partial charge in [-0.05, 0) is 47.4 Å². The number of hydrogen-bond acceptors (Lipinski definition) is 5. The number of hydrogen-bond donors (Lipinski definition) is 2. The van der Waals surface area contributed by atoms with E-state index in [1.807, 2.05) is 30.3 Å². The summed E-state index contributed by atoms with van der Waals surface area (Å²) in [6.45, 7) is -1.36. The van der Waals surface area contributed by atoms with E-state index in [-0.39, 0.29) is 11.5 Å². The highest BCUT2D eigenvalue weighted by molar-refractivity contribution is 6.08. The number of nitrogens with zero attached hydrogens (tertiary/aromatic N) is 3. The minimum atomic E-state index is -3.13. The number of halogens is 2. The second-order valence-corrected chi connectivity index (χ2v) is 8.88. The first-order valence-electron chi connectivity index (χ1n) is 11.4. The molecule has 1 atom stereocenters. The molecule has 3 aromatic rings. The van der Waals surface area contributed by atoms with Crippen LogP contribution in [0.5, 0.6) is 0 Å². The van der Waals surface area contributed by atoms with E-state index in [9.17, 15) is 23.2 Å². The van der Waals surface area contributed by atoms with Crippen molar-refractivity contribution in [3.63, 3.8) is 0 Å². The zero-order valence-corrected chi connectivity index (χ0v) is 19.1. The number of likely N-dealkylation sites (tertiary alicyclic amines) is 1. The Hall–Kier alpha value is -4.39. The smallest absolute Gasteiger partial charge is 0.268 e. The van der Waals surface area contributed by atoms with Crippen molar-refractivity contribution in [3.8, 4) is 17.2 Å². The number of amides is 3. The van der Waals surface area contributed by atoms with Crippen LogP contribution in [-0.4, -0.2) is 52.7 Å². The molecule has 5 rings (SSSR count). The quantitative estimate of drug-likeness (QED) is 0.584. The van der Waals surface area contributed by atoms with Gasteiger partial charge >= 0.3 is 0 Å². The Bertz CT molecular complexity index is 1450. The van der Waals surface area contributed by atoms with Gasteiger partial charge in [-0.1, -0.05) is 18.2 Å². The van der Waals surface area contributed by atoms with Crippen molar-refractivity contribution in [1.82, 2.24) is 15.2 Å². The van der Waals surface area contributed by atoms with E-state index in [4.69, 9.17) is 5.26 Å². The second kappa shape index (κ2) is 9.00. The summed E-state index contributed by atoms with van der Waals surface area (Å²) >= 11 is 0. The van der Waals surface area contributed by atoms with Crippen LogP contribution < -0.4 is 10.6 Å². The molecule has 2 N–H and O–H groups in total. The maximum atomic E-state index is 13.7. The summed E-state index contributed by atoms with van der Waals surface area (Å²) in [5.41, 5.74) is 4.37. The lowest BCUT2D eigenvalue weighted by atomic mass is 9.91. The molecule has 3 amide bonds. The van der Waals surface area contributed by atoms with Gasteiger partial charge in [0.05, 0.1) is 30.2 Å². The molecule has 0 aliphatic carbocycles. The van der Waals surface area contributed by atoms with Crippen molar-refractivity contribution in [2.45, 2.75) is 31.2 Å². The van der Waals surface area contributed by atoms with E-state index in [0.29, 0.717) is 23.7 Å². The number of nitriles is 1. The number of pyridine rings is 1. The lowest BCUT2D eigenvalue weighted by molar-refractivity contribution is -0.131. The molecule has 2 aliphatic rings. The van der Waals surface area contributed by atoms with Crippen LogP contribution in [0, 0.1) is 11.3 Å².